The second-order valence-electron chi connectivity index (χ2n) is 5.25. The number of pyridine rings is 1. The van der Waals surface area contributed by atoms with E-state index in [0.29, 0.717) is 15.9 Å². The number of amides is 2. The van der Waals surface area contributed by atoms with Crippen LogP contribution in [0.5, 0.6) is 0 Å². The number of nitrogens with one attached hydrogen (secondary N) is 2. The van der Waals surface area contributed by atoms with Crippen LogP contribution < -0.4 is 10.6 Å². The molecule has 0 aliphatic heterocycles. The van der Waals surface area contributed by atoms with Gasteiger partial charge in [0.05, 0.1) is 11.3 Å². The Kier molecular flexibility index (Phi) is 6.24. The zero-order valence-electron chi connectivity index (χ0n) is 13.3. The Bertz CT molecular complexity index is 810. The number of benzene rings is 1. The highest BCUT2D eigenvalue weighted by molar-refractivity contribution is 9.10. The Hall–Kier alpha value is -2.74. The highest BCUT2D eigenvalue weighted by atomic mass is 79.9. The Labute approximate surface area is 152 Å². The summed E-state index contributed by atoms with van der Waals surface area (Å²) in [6, 6.07) is 8.66. The van der Waals surface area contributed by atoms with Crippen LogP contribution in [0.4, 0.5) is 5.69 Å². The van der Waals surface area contributed by atoms with E-state index >= 15 is 0 Å². The van der Waals surface area contributed by atoms with Crippen molar-refractivity contribution in [1.82, 2.24) is 10.3 Å². The quantitative estimate of drug-likeness (QED) is 0.638. The largest absolute Gasteiger partial charge is 0.480 e. The molecule has 0 radical (unpaired) electrons. The van der Waals surface area contributed by atoms with Gasteiger partial charge in [0.25, 0.3) is 5.91 Å². The number of hydrogen-bond donors (Lipinski definition) is 3. The van der Waals surface area contributed by atoms with E-state index in [1.807, 2.05) is 0 Å². The van der Waals surface area contributed by atoms with E-state index in [4.69, 9.17) is 0 Å². The molecule has 1 heterocycles. The van der Waals surface area contributed by atoms with E-state index < -0.39 is 17.9 Å². The van der Waals surface area contributed by atoms with Gasteiger partial charge in [-0.15, -0.1) is 0 Å². The lowest BCUT2D eigenvalue weighted by molar-refractivity contribution is -0.139. The summed E-state index contributed by atoms with van der Waals surface area (Å²) in [4.78, 5) is 39.3. The summed E-state index contributed by atoms with van der Waals surface area (Å²) in [6.45, 7) is 1.33. The topological polar surface area (TPSA) is 108 Å². The van der Waals surface area contributed by atoms with E-state index in [2.05, 4.69) is 31.5 Å². The molecule has 2 rings (SSSR count). The van der Waals surface area contributed by atoms with E-state index in [0.717, 1.165) is 0 Å². The van der Waals surface area contributed by atoms with Gasteiger partial charge in [-0.3, -0.25) is 9.59 Å². The van der Waals surface area contributed by atoms with Gasteiger partial charge in [0, 0.05) is 19.5 Å². The standard InChI is InChI=1S/C17H16BrN3O4/c1-10(22)20-13-7-3-2-6-12(13)16(23)21-14(17(24)25)9-11-5-4-8-19-15(11)18/h2-8,14H,9H2,1H3,(H,20,22)(H,21,23)(H,24,25)/t14-/m0/s1. The fourth-order valence-electron chi connectivity index (χ4n) is 2.21. The minimum atomic E-state index is -1.17. The van der Waals surface area contributed by atoms with Gasteiger partial charge >= 0.3 is 5.97 Å². The molecule has 3 N–H and O–H groups in total. The van der Waals surface area contributed by atoms with Crippen LogP contribution >= 0.6 is 15.9 Å². The predicted molar refractivity (Wildman–Crippen MR) is 95.3 cm³/mol. The normalized spacial score (nSPS) is 11.4. The molecule has 0 unspecified atom stereocenters. The summed E-state index contributed by atoms with van der Waals surface area (Å²) >= 11 is 3.26. The maximum Gasteiger partial charge on any atom is 0.326 e. The molecule has 1 aromatic heterocycles. The molecular weight excluding hydrogens is 390 g/mol. The molecule has 8 heteroatoms. The average Bonchev–Trinajstić information content (AvgIpc) is 2.55. The summed E-state index contributed by atoms with van der Waals surface area (Å²) < 4.78 is 0.522. The van der Waals surface area contributed by atoms with Crippen molar-refractivity contribution in [2.24, 2.45) is 0 Å². The van der Waals surface area contributed by atoms with Gasteiger partial charge in [-0.2, -0.15) is 0 Å². The average molecular weight is 406 g/mol. The first kappa shape index (κ1) is 18.6. The summed E-state index contributed by atoms with van der Waals surface area (Å²) in [7, 11) is 0. The number of aliphatic carboxylic acids is 1. The van der Waals surface area contributed by atoms with Crippen molar-refractivity contribution in [3.63, 3.8) is 0 Å². The van der Waals surface area contributed by atoms with Gasteiger partial charge in [-0.1, -0.05) is 18.2 Å². The minimum absolute atomic E-state index is 0.0673. The lowest BCUT2D eigenvalue weighted by Gasteiger charge is -2.16. The van der Waals surface area contributed by atoms with E-state index in [9.17, 15) is 19.5 Å². The van der Waals surface area contributed by atoms with Gasteiger partial charge in [0.1, 0.15) is 10.6 Å². The molecule has 7 nitrogen and oxygen atoms in total. The number of carbonyl (C=O) groups is 3. The number of rotatable bonds is 6. The first-order valence-corrected chi connectivity index (χ1v) is 8.17. The third-order valence-corrected chi connectivity index (χ3v) is 4.06. The first-order chi connectivity index (χ1) is 11.9. The van der Waals surface area contributed by atoms with E-state index in [-0.39, 0.29) is 17.9 Å². The molecule has 25 heavy (non-hydrogen) atoms. The van der Waals surface area contributed by atoms with Crippen molar-refractivity contribution in [1.29, 1.82) is 0 Å². The monoisotopic (exact) mass is 405 g/mol. The van der Waals surface area contributed by atoms with Crippen LogP contribution in [-0.4, -0.2) is 33.9 Å². The molecule has 0 fully saturated rings. The number of hydrogen-bond acceptors (Lipinski definition) is 4. The maximum absolute atomic E-state index is 12.5. The van der Waals surface area contributed by atoms with Crippen molar-refractivity contribution in [3.05, 3.63) is 58.3 Å². The SMILES string of the molecule is CC(=O)Nc1ccccc1C(=O)N[C@@H](Cc1cccnc1Br)C(=O)O. The number of carbonyl (C=O) groups excluding carboxylic acids is 2. The first-order valence-electron chi connectivity index (χ1n) is 7.38. The molecule has 0 bridgehead atoms. The molecule has 1 atom stereocenters. The molecule has 0 aliphatic carbocycles. The molecular formula is C17H16BrN3O4. The number of anilines is 1. The predicted octanol–water partition coefficient (Wildman–Crippen LogP) is 2.23. The fraction of sp³-hybridized carbons (Fsp3) is 0.176. The third-order valence-electron chi connectivity index (χ3n) is 3.35. The molecule has 0 saturated carbocycles. The van der Waals surface area contributed by atoms with Crippen LogP contribution in [0.3, 0.4) is 0 Å². The molecule has 0 aliphatic rings. The smallest absolute Gasteiger partial charge is 0.326 e. The van der Waals surface area contributed by atoms with Crippen LogP contribution in [0.25, 0.3) is 0 Å². The van der Waals surface area contributed by atoms with Gasteiger partial charge < -0.3 is 15.7 Å². The molecule has 130 valence electrons. The highest BCUT2D eigenvalue weighted by Crippen LogP contribution is 2.17. The second-order valence-corrected chi connectivity index (χ2v) is 6.00. The summed E-state index contributed by atoms with van der Waals surface area (Å²) in [5.41, 5.74) is 1.17. The molecule has 0 spiro atoms. The van der Waals surface area contributed by atoms with E-state index in [1.54, 1.807) is 36.5 Å². The third kappa shape index (κ3) is 5.12. The van der Waals surface area contributed by atoms with Crippen LogP contribution in [0.15, 0.2) is 47.2 Å². The second kappa shape index (κ2) is 8.39. The fourth-order valence-corrected chi connectivity index (χ4v) is 2.62. The number of carboxylic acids is 1. The molecule has 2 amide bonds. The zero-order chi connectivity index (χ0) is 18.4. The lowest BCUT2D eigenvalue weighted by atomic mass is 10.1. The summed E-state index contributed by atoms with van der Waals surface area (Å²) in [5, 5.41) is 14.5. The van der Waals surface area contributed by atoms with Crippen LogP contribution in [0.1, 0.15) is 22.8 Å². The lowest BCUT2D eigenvalue weighted by Crippen LogP contribution is -2.42. The highest BCUT2D eigenvalue weighted by Gasteiger charge is 2.23. The number of nitrogens with zero attached hydrogens (tertiary/aromatic N) is 1. The number of halogens is 1. The summed E-state index contributed by atoms with van der Waals surface area (Å²) in [5.74, 6) is -2.08. The van der Waals surface area contributed by atoms with Crippen molar-refractivity contribution >= 4 is 39.4 Å². The van der Waals surface area contributed by atoms with Crippen molar-refractivity contribution in [2.45, 2.75) is 19.4 Å². The van der Waals surface area contributed by atoms with Gasteiger partial charge in [0.2, 0.25) is 5.91 Å². The van der Waals surface area contributed by atoms with Crippen molar-refractivity contribution < 1.29 is 19.5 Å². The Morgan fingerprint density at radius 2 is 1.92 bits per heavy atom. The van der Waals surface area contributed by atoms with Gasteiger partial charge in [0.15, 0.2) is 0 Å². The summed E-state index contributed by atoms with van der Waals surface area (Å²) in [6.07, 6.45) is 1.64. The number of para-hydroxylation sites is 1. The molecule has 0 saturated heterocycles. The molecule has 2 aromatic rings. The maximum atomic E-state index is 12.5. The van der Waals surface area contributed by atoms with Gasteiger partial charge in [-0.05, 0) is 39.7 Å². The Balaban J connectivity index is 2.20. The zero-order valence-corrected chi connectivity index (χ0v) is 14.9. The van der Waals surface area contributed by atoms with Crippen LogP contribution in [0, 0.1) is 0 Å². The Morgan fingerprint density at radius 1 is 1.20 bits per heavy atom. The van der Waals surface area contributed by atoms with E-state index in [1.165, 1.54) is 13.0 Å². The Morgan fingerprint density at radius 3 is 2.56 bits per heavy atom. The van der Waals surface area contributed by atoms with Crippen LogP contribution in [-0.2, 0) is 16.0 Å². The minimum Gasteiger partial charge on any atom is -0.480 e. The number of carboxylic acid groups (broad SMARTS) is 1. The van der Waals surface area contributed by atoms with Crippen molar-refractivity contribution in [2.75, 3.05) is 5.32 Å². The molecule has 1 aromatic carbocycles. The van der Waals surface area contributed by atoms with Crippen LogP contribution in [0.2, 0.25) is 0 Å². The van der Waals surface area contributed by atoms with Crippen molar-refractivity contribution in [3.8, 4) is 0 Å². The van der Waals surface area contributed by atoms with Gasteiger partial charge in [-0.25, -0.2) is 9.78 Å². The number of aromatic nitrogens is 1.